The number of anilines is 1. The Morgan fingerprint density at radius 2 is 1.78 bits per heavy atom. The van der Waals surface area contributed by atoms with Crippen LogP contribution in [0.5, 0.6) is 0 Å². The summed E-state index contributed by atoms with van der Waals surface area (Å²) in [5, 5.41) is 2.95. The van der Waals surface area contributed by atoms with Crippen molar-refractivity contribution >= 4 is 11.9 Å². The molecule has 4 rings (SSSR count). The minimum atomic E-state index is -0.160. The largest absolute Gasteiger partial charge is 0.350 e. The van der Waals surface area contributed by atoms with E-state index >= 15 is 0 Å². The van der Waals surface area contributed by atoms with Crippen LogP contribution in [0.4, 0.5) is 5.95 Å². The Labute approximate surface area is 159 Å². The van der Waals surface area contributed by atoms with Crippen molar-refractivity contribution in [3.05, 3.63) is 89.2 Å². The van der Waals surface area contributed by atoms with Crippen molar-refractivity contribution in [3.8, 4) is 0 Å². The van der Waals surface area contributed by atoms with Gasteiger partial charge in [0.15, 0.2) is 0 Å². The molecule has 1 amide bonds. The number of carbonyl (C=O) groups is 1. The van der Waals surface area contributed by atoms with Crippen LogP contribution in [0.1, 0.15) is 27.2 Å². The summed E-state index contributed by atoms with van der Waals surface area (Å²) < 4.78 is 0. The van der Waals surface area contributed by atoms with E-state index in [1.807, 2.05) is 18.2 Å². The van der Waals surface area contributed by atoms with Crippen LogP contribution in [0, 0.1) is 0 Å². The first kappa shape index (κ1) is 17.2. The van der Waals surface area contributed by atoms with Crippen LogP contribution in [0.3, 0.4) is 0 Å². The van der Waals surface area contributed by atoms with Crippen molar-refractivity contribution in [3.63, 3.8) is 0 Å². The molecule has 27 heavy (non-hydrogen) atoms. The number of amides is 1. The highest BCUT2D eigenvalue weighted by atomic mass is 16.1. The Morgan fingerprint density at radius 1 is 1.00 bits per heavy atom. The molecular weight excluding hydrogens is 336 g/mol. The highest BCUT2D eigenvalue weighted by Crippen LogP contribution is 2.21. The number of fused-ring (bicyclic) bond motifs is 1. The molecule has 3 aromatic rings. The van der Waals surface area contributed by atoms with Crippen LogP contribution in [-0.2, 0) is 19.4 Å². The Kier molecular flexibility index (Phi) is 5.10. The first-order chi connectivity index (χ1) is 13.3. The van der Waals surface area contributed by atoms with E-state index in [2.05, 4.69) is 56.6 Å². The second kappa shape index (κ2) is 7.99. The van der Waals surface area contributed by atoms with Crippen molar-refractivity contribution in [2.75, 3.05) is 18.0 Å². The van der Waals surface area contributed by atoms with Gasteiger partial charge < -0.3 is 10.2 Å². The monoisotopic (exact) mass is 358 g/mol. The highest BCUT2D eigenvalue weighted by Gasteiger charge is 2.19. The van der Waals surface area contributed by atoms with Crippen molar-refractivity contribution in [1.82, 2.24) is 15.3 Å². The molecule has 1 aromatic heterocycles. The summed E-state index contributed by atoms with van der Waals surface area (Å²) in [5.41, 5.74) is 4.29. The minimum absolute atomic E-state index is 0.160. The third-order valence-corrected chi connectivity index (χ3v) is 4.83. The molecule has 0 bridgehead atoms. The van der Waals surface area contributed by atoms with Gasteiger partial charge >= 0.3 is 0 Å². The lowest BCUT2D eigenvalue weighted by Gasteiger charge is -2.28. The molecule has 5 heteroatoms. The summed E-state index contributed by atoms with van der Waals surface area (Å²) in [5.74, 6) is 0.451. The molecule has 0 radical (unpaired) electrons. The van der Waals surface area contributed by atoms with Gasteiger partial charge in [-0.15, -0.1) is 0 Å². The topological polar surface area (TPSA) is 58.1 Å². The van der Waals surface area contributed by atoms with Crippen LogP contribution in [0.2, 0.25) is 0 Å². The highest BCUT2D eigenvalue weighted by molar-refractivity contribution is 5.92. The molecular formula is C22H22N4O. The summed E-state index contributed by atoms with van der Waals surface area (Å²) in [6, 6.07) is 20.2. The number of hydrogen-bond donors (Lipinski definition) is 1. The lowest BCUT2D eigenvalue weighted by Crippen LogP contribution is -2.33. The molecule has 0 atom stereocenters. The first-order valence-electron chi connectivity index (χ1n) is 9.26. The zero-order valence-corrected chi connectivity index (χ0v) is 15.1. The van der Waals surface area contributed by atoms with E-state index in [1.54, 1.807) is 12.3 Å². The molecule has 0 fully saturated rings. The number of aromatic nitrogens is 2. The summed E-state index contributed by atoms with van der Waals surface area (Å²) in [7, 11) is 0. The van der Waals surface area contributed by atoms with Crippen LogP contribution in [0.25, 0.3) is 0 Å². The van der Waals surface area contributed by atoms with E-state index < -0.39 is 0 Å². The van der Waals surface area contributed by atoms with Gasteiger partial charge in [-0.3, -0.25) is 4.79 Å². The van der Waals surface area contributed by atoms with Crippen molar-refractivity contribution < 1.29 is 4.79 Å². The quantitative estimate of drug-likeness (QED) is 0.762. The van der Waals surface area contributed by atoms with E-state index in [1.165, 1.54) is 16.7 Å². The van der Waals surface area contributed by atoms with Gasteiger partial charge in [-0.25, -0.2) is 9.97 Å². The number of nitrogens with one attached hydrogen (secondary N) is 1. The normalized spacial score (nSPS) is 13.1. The van der Waals surface area contributed by atoms with Crippen molar-refractivity contribution in [1.29, 1.82) is 0 Å². The predicted octanol–water partition coefficient (Wildman–Crippen LogP) is 3.01. The van der Waals surface area contributed by atoms with Gasteiger partial charge in [-0.2, -0.15) is 0 Å². The van der Waals surface area contributed by atoms with Crippen molar-refractivity contribution in [2.24, 2.45) is 0 Å². The number of hydrogen-bond acceptors (Lipinski definition) is 4. The molecule has 2 aromatic carbocycles. The third-order valence-electron chi connectivity index (χ3n) is 4.83. The minimum Gasteiger partial charge on any atom is -0.350 e. The number of rotatable bonds is 5. The molecule has 0 unspecified atom stereocenters. The lowest BCUT2D eigenvalue weighted by atomic mass is 10.0. The fraction of sp³-hybridized carbons (Fsp3) is 0.227. The van der Waals surface area contributed by atoms with E-state index in [0.29, 0.717) is 18.2 Å². The molecule has 0 saturated carbocycles. The molecule has 1 N–H and O–H groups in total. The Balaban J connectivity index is 1.39. The van der Waals surface area contributed by atoms with E-state index in [-0.39, 0.29) is 5.91 Å². The van der Waals surface area contributed by atoms with Gasteiger partial charge in [0.25, 0.3) is 5.91 Å². The van der Waals surface area contributed by atoms with Gasteiger partial charge in [0, 0.05) is 25.8 Å². The standard InChI is InChI=1S/C22H22N4O/c27-21(23-13-10-17-6-2-1-3-7-17)20-11-14-24-22(25-20)26-15-12-18-8-4-5-9-19(18)16-26/h1-9,11,14H,10,12-13,15-16H2,(H,23,27). The average Bonchev–Trinajstić information content (AvgIpc) is 2.74. The van der Waals surface area contributed by atoms with Gasteiger partial charge in [0.05, 0.1) is 0 Å². The second-order valence-electron chi connectivity index (χ2n) is 6.67. The second-order valence-corrected chi connectivity index (χ2v) is 6.67. The van der Waals surface area contributed by atoms with Crippen LogP contribution < -0.4 is 10.2 Å². The molecule has 2 heterocycles. The Hall–Kier alpha value is -3.21. The first-order valence-corrected chi connectivity index (χ1v) is 9.26. The van der Waals surface area contributed by atoms with Crippen LogP contribution in [0.15, 0.2) is 66.9 Å². The van der Waals surface area contributed by atoms with Gasteiger partial charge in [0.2, 0.25) is 5.95 Å². The van der Waals surface area contributed by atoms with Gasteiger partial charge in [-0.05, 0) is 35.6 Å². The molecule has 0 aliphatic carbocycles. The Morgan fingerprint density at radius 3 is 2.63 bits per heavy atom. The van der Waals surface area contributed by atoms with Crippen LogP contribution in [-0.4, -0.2) is 29.0 Å². The maximum absolute atomic E-state index is 12.4. The molecule has 136 valence electrons. The summed E-state index contributed by atoms with van der Waals surface area (Å²) >= 11 is 0. The fourth-order valence-corrected chi connectivity index (χ4v) is 3.35. The molecule has 1 aliphatic rings. The summed E-state index contributed by atoms with van der Waals surface area (Å²) in [6.07, 6.45) is 3.43. The SMILES string of the molecule is O=C(NCCc1ccccc1)c1ccnc(N2CCc3ccccc3C2)n1. The van der Waals surface area contributed by atoms with Crippen molar-refractivity contribution in [2.45, 2.75) is 19.4 Å². The molecule has 1 aliphatic heterocycles. The maximum atomic E-state index is 12.4. The number of carbonyl (C=O) groups excluding carboxylic acids is 1. The maximum Gasteiger partial charge on any atom is 0.270 e. The average molecular weight is 358 g/mol. The summed E-state index contributed by atoms with van der Waals surface area (Å²) in [4.78, 5) is 23.5. The van der Waals surface area contributed by atoms with E-state index in [0.717, 1.165) is 25.9 Å². The summed E-state index contributed by atoms with van der Waals surface area (Å²) in [6.45, 7) is 2.21. The van der Waals surface area contributed by atoms with Crippen LogP contribution >= 0.6 is 0 Å². The molecule has 0 saturated heterocycles. The molecule has 0 spiro atoms. The Bertz CT molecular complexity index is 926. The number of nitrogens with zero attached hydrogens (tertiary/aromatic N) is 3. The fourth-order valence-electron chi connectivity index (χ4n) is 3.35. The third kappa shape index (κ3) is 4.14. The molecule has 5 nitrogen and oxygen atoms in total. The van der Waals surface area contributed by atoms with E-state index in [9.17, 15) is 4.79 Å². The zero-order chi connectivity index (χ0) is 18.5. The van der Waals surface area contributed by atoms with E-state index in [4.69, 9.17) is 0 Å². The van der Waals surface area contributed by atoms with Gasteiger partial charge in [-0.1, -0.05) is 54.6 Å². The predicted molar refractivity (Wildman–Crippen MR) is 106 cm³/mol. The number of benzene rings is 2. The van der Waals surface area contributed by atoms with Gasteiger partial charge in [0.1, 0.15) is 5.69 Å². The zero-order valence-electron chi connectivity index (χ0n) is 15.1. The lowest BCUT2D eigenvalue weighted by molar-refractivity contribution is 0.0949. The smallest absolute Gasteiger partial charge is 0.270 e.